The summed E-state index contributed by atoms with van der Waals surface area (Å²) < 4.78 is 11.1. The fourth-order valence-corrected chi connectivity index (χ4v) is 3.50. The van der Waals surface area contributed by atoms with Crippen molar-refractivity contribution in [2.24, 2.45) is 0 Å². The van der Waals surface area contributed by atoms with E-state index in [0.29, 0.717) is 30.5 Å². The molecule has 1 aliphatic heterocycles. The molecule has 0 aliphatic carbocycles. The lowest BCUT2D eigenvalue weighted by Crippen LogP contribution is -2.45. The summed E-state index contributed by atoms with van der Waals surface area (Å²) in [5.41, 5.74) is 14.3. The van der Waals surface area contributed by atoms with E-state index in [1.54, 1.807) is 7.11 Å². The van der Waals surface area contributed by atoms with Crippen molar-refractivity contribution in [3.63, 3.8) is 0 Å². The largest absolute Gasteiger partial charge is 0.496 e. The van der Waals surface area contributed by atoms with E-state index in [1.807, 2.05) is 18.2 Å². The molecule has 1 atom stereocenters. The van der Waals surface area contributed by atoms with Gasteiger partial charge in [0.1, 0.15) is 11.6 Å². The minimum absolute atomic E-state index is 0.229. The summed E-state index contributed by atoms with van der Waals surface area (Å²) in [4.78, 5) is 11.1. The van der Waals surface area contributed by atoms with Gasteiger partial charge in [-0.2, -0.15) is 10.1 Å². The number of hydrogen-bond donors (Lipinski definition) is 3. The summed E-state index contributed by atoms with van der Waals surface area (Å²) in [5.74, 6) is 2.06. The van der Waals surface area contributed by atoms with Gasteiger partial charge in [0.2, 0.25) is 5.95 Å². The number of hydrogen-bond acceptors (Lipinski definition) is 8. The molecule has 1 fully saturated rings. The average Bonchev–Trinajstić information content (AvgIpc) is 3.07. The molecule has 1 saturated heterocycles. The number of aromatic nitrogens is 4. The van der Waals surface area contributed by atoms with Gasteiger partial charge in [0, 0.05) is 18.2 Å². The van der Waals surface area contributed by atoms with E-state index in [-0.39, 0.29) is 12.0 Å². The number of rotatable bonds is 4. The molecular weight excluding hydrogens is 346 g/mol. The Morgan fingerprint density at radius 2 is 2.15 bits per heavy atom. The van der Waals surface area contributed by atoms with E-state index >= 15 is 0 Å². The first kappa shape index (κ1) is 17.3. The molecule has 1 aliphatic rings. The summed E-state index contributed by atoms with van der Waals surface area (Å²) in [6, 6.07) is 6.04. The number of anilines is 3. The van der Waals surface area contributed by atoms with Crippen molar-refractivity contribution in [2.75, 3.05) is 43.2 Å². The highest BCUT2D eigenvalue weighted by Gasteiger charge is 2.24. The van der Waals surface area contributed by atoms with Crippen LogP contribution in [0.5, 0.6) is 5.75 Å². The highest BCUT2D eigenvalue weighted by molar-refractivity contribution is 5.97. The van der Waals surface area contributed by atoms with Crippen LogP contribution in [-0.2, 0) is 4.74 Å². The number of morpholine rings is 1. The van der Waals surface area contributed by atoms with E-state index in [1.165, 1.54) is 0 Å². The van der Waals surface area contributed by atoms with Crippen molar-refractivity contribution in [1.82, 2.24) is 20.2 Å². The van der Waals surface area contributed by atoms with Crippen LogP contribution in [0.2, 0.25) is 0 Å². The minimum atomic E-state index is 0.229. The van der Waals surface area contributed by atoms with Crippen molar-refractivity contribution in [2.45, 2.75) is 19.4 Å². The van der Waals surface area contributed by atoms with Crippen LogP contribution in [0.25, 0.3) is 22.2 Å². The van der Waals surface area contributed by atoms with Crippen LogP contribution in [0.3, 0.4) is 0 Å². The number of benzene rings is 1. The third kappa shape index (κ3) is 3.10. The van der Waals surface area contributed by atoms with Gasteiger partial charge in [-0.1, -0.05) is 6.92 Å². The minimum Gasteiger partial charge on any atom is -0.496 e. The Labute approximate surface area is 156 Å². The Hall–Kier alpha value is -3.07. The Kier molecular flexibility index (Phi) is 4.44. The molecule has 0 radical (unpaired) electrons. The zero-order valence-electron chi connectivity index (χ0n) is 15.4. The molecule has 0 unspecified atom stereocenters. The van der Waals surface area contributed by atoms with Crippen molar-refractivity contribution in [1.29, 1.82) is 0 Å². The zero-order chi connectivity index (χ0) is 19.0. The van der Waals surface area contributed by atoms with E-state index in [2.05, 4.69) is 32.0 Å². The Bertz CT molecular complexity index is 972. The third-order valence-corrected chi connectivity index (χ3v) is 4.89. The van der Waals surface area contributed by atoms with Gasteiger partial charge in [0.15, 0.2) is 5.82 Å². The zero-order valence-corrected chi connectivity index (χ0v) is 15.4. The fourth-order valence-electron chi connectivity index (χ4n) is 3.50. The molecule has 27 heavy (non-hydrogen) atoms. The monoisotopic (exact) mass is 369 g/mol. The molecule has 2 aromatic heterocycles. The second-order valence-corrected chi connectivity index (χ2v) is 6.51. The SMILES string of the molecule is CC[C@@H]1COCCN1c1cc(-c2cc(OC)c3c(N)n[nH]c3c2)nc(N)n1. The molecule has 9 heteroatoms. The summed E-state index contributed by atoms with van der Waals surface area (Å²) in [5, 5.41) is 7.74. The van der Waals surface area contributed by atoms with Gasteiger partial charge < -0.3 is 25.8 Å². The lowest BCUT2D eigenvalue weighted by molar-refractivity contribution is 0.0926. The topological polar surface area (TPSA) is 128 Å². The van der Waals surface area contributed by atoms with Crippen LogP contribution in [0, 0.1) is 0 Å². The Balaban J connectivity index is 1.80. The second-order valence-electron chi connectivity index (χ2n) is 6.51. The second kappa shape index (κ2) is 6.92. The summed E-state index contributed by atoms with van der Waals surface area (Å²) >= 11 is 0. The highest BCUT2D eigenvalue weighted by Crippen LogP contribution is 2.35. The van der Waals surface area contributed by atoms with Gasteiger partial charge in [-0.05, 0) is 18.6 Å². The maximum absolute atomic E-state index is 6.03. The summed E-state index contributed by atoms with van der Waals surface area (Å²) in [6.07, 6.45) is 0.965. The summed E-state index contributed by atoms with van der Waals surface area (Å²) in [6.45, 7) is 4.26. The number of methoxy groups -OCH3 is 1. The van der Waals surface area contributed by atoms with Gasteiger partial charge in [0.25, 0.3) is 0 Å². The van der Waals surface area contributed by atoms with Gasteiger partial charge in [0.05, 0.1) is 43.0 Å². The standard InChI is InChI=1S/C18H23N7O2/c1-3-11-9-27-5-4-25(11)15-8-12(21-18(20)22-15)10-6-13-16(14(7-10)26-2)17(19)24-23-13/h6-8,11H,3-5,9H2,1-2H3,(H3,19,23,24)(H2,20,21,22)/t11-/m1/s1. The molecular formula is C18H23N7O2. The molecule has 1 aromatic carbocycles. The number of aromatic amines is 1. The third-order valence-electron chi connectivity index (χ3n) is 4.89. The number of H-pyrrole nitrogens is 1. The van der Waals surface area contributed by atoms with Crippen molar-refractivity contribution in [3.05, 3.63) is 18.2 Å². The maximum Gasteiger partial charge on any atom is 0.222 e. The van der Waals surface area contributed by atoms with E-state index in [4.69, 9.17) is 20.9 Å². The first-order chi connectivity index (χ1) is 13.1. The maximum atomic E-state index is 6.03. The van der Waals surface area contributed by atoms with E-state index in [9.17, 15) is 0 Å². The first-order valence-electron chi connectivity index (χ1n) is 8.91. The molecule has 0 amide bonds. The lowest BCUT2D eigenvalue weighted by Gasteiger charge is -2.36. The predicted molar refractivity (Wildman–Crippen MR) is 105 cm³/mol. The molecule has 3 aromatic rings. The van der Waals surface area contributed by atoms with Crippen LogP contribution in [0.1, 0.15) is 13.3 Å². The highest BCUT2D eigenvalue weighted by atomic mass is 16.5. The number of nitrogen functional groups attached to an aromatic ring is 2. The van der Waals surface area contributed by atoms with Crippen LogP contribution in [0.4, 0.5) is 17.6 Å². The first-order valence-corrected chi connectivity index (χ1v) is 8.91. The number of nitrogens with zero attached hydrogens (tertiary/aromatic N) is 4. The molecule has 0 saturated carbocycles. The molecule has 5 N–H and O–H groups in total. The van der Waals surface area contributed by atoms with Gasteiger partial charge in [-0.25, -0.2) is 4.98 Å². The van der Waals surface area contributed by atoms with Crippen LogP contribution < -0.4 is 21.1 Å². The predicted octanol–water partition coefficient (Wildman–Crippen LogP) is 1.81. The Morgan fingerprint density at radius 1 is 1.30 bits per heavy atom. The van der Waals surface area contributed by atoms with Crippen LogP contribution >= 0.6 is 0 Å². The number of fused-ring (bicyclic) bond motifs is 1. The Morgan fingerprint density at radius 3 is 2.93 bits per heavy atom. The molecule has 0 bridgehead atoms. The number of ether oxygens (including phenoxy) is 2. The van der Waals surface area contributed by atoms with E-state index < -0.39 is 0 Å². The lowest BCUT2D eigenvalue weighted by atomic mass is 10.1. The molecule has 3 heterocycles. The average molecular weight is 369 g/mol. The van der Waals surface area contributed by atoms with Crippen LogP contribution in [0.15, 0.2) is 18.2 Å². The normalized spacial score (nSPS) is 17.4. The number of nitrogens with one attached hydrogen (secondary N) is 1. The van der Waals surface area contributed by atoms with Gasteiger partial charge in [-0.3, -0.25) is 5.10 Å². The van der Waals surface area contributed by atoms with Gasteiger partial charge in [-0.15, -0.1) is 0 Å². The van der Waals surface area contributed by atoms with Crippen molar-refractivity contribution in [3.8, 4) is 17.0 Å². The molecule has 0 spiro atoms. The smallest absolute Gasteiger partial charge is 0.222 e. The summed E-state index contributed by atoms with van der Waals surface area (Å²) in [7, 11) is 1.60. The van der Waals surface area contributed by atoms with Crippen LogP contribution in [-0.4, -0.2) is 53.1 Å². The number of nitrogens with two attached hydrogens (primary N) is 2. The quantitative estimate of drug-likeness (QED) is 0.635. The molecule has 4 rings (SSSR count). The molecule has 9 nitrogen and oxygen atoms in total. The van der Waals surface area contributed by atoms with Crippen molar-refractivity contribution < 1.29 is 9.47 Å². The fraction of sp³-hybridized carbons (Fsp3) is 0.389. The van der Waals surface area contributed by atoms with Crippen molar-refractivity contribution >= 4 is 28.5 Å². The van der Waals surface area contributed by atoms with E-state index in [0.717, 1.165) is 35.2 Å². The molecule has 142 valence electrons. The van der Waals surface area contributed by atoms with Gasteiger partial charge >= 0.3 is 0 Å².